The summed E-state index contributed by atoms with van der Waals surface area (Å²) < 4.78 is 2.22. The van der Waals surface area contributed by atoms with Crippen molar-refractivity contribution in [3.05, 3.63) is 52.2 Å². The average molecular weight is 388 g/mol. The van der Waals surface area contributed by atoms with E-state index in [0.29, 0.717) is 0 Å². The zero-order valence-corrected chi connectivity index (χ0v) is 17.6. The molecule has 4 heteroatoms. The van der Waals surface area contributed by atoms with Gasteiger partial charge in [-0.1, -0.05) is 20.8 Å². The minimum absolute atomic E-state index is 0.00550. The van der Waals surface area contributed by atoms with Gasteiger partial charge >= 0.3 is 0 Å². The van der Waals surface area contributed by atoms with Crippen molar-refractivity contribution in [3.8, 4) is 0 Å². The summed E-state index contributed by atoms with van der Waals surface area (Å²) in [6.45, 7) is 6.53. The highest BCUT2D eigenvalue weighted by molar-refractivity contribution is 5.91. The fourth-order valence-corrected chi connectivity index (χ4v) is 7.02. The molecule has 0 amide bonds. The van der Waals surface area contributed by atoms with Crippen LogP contribution in [0.15, 0.2) is 35.3 Å². The van der Waals surface area contributed by atoms with Crippen molar-refractivity contribution in [2.45, 2.75) is 70.1 Å². The van der Waals surface area contributed by atoms with E-state index in [9.17, 15) is 4.79 Å². The molecule has 3 heterocycles. The molecular weight excluding hydrogens is 358 g/mol. The van der Waals surface area contributed by atoms with E-state index in [2.05, 4.69) is 54.6 Å². The molecule has 4 nitrogen and oxygen atoms in total. The Morgan fingerprint density at radius 2 is 1.62 bits per heavy atom. The summed E-state index contributed by atoms with van der Waals surface area (Å²) in [6, 6.07) is 8.14. The molecular formula is C25H29N3O. The molecule has 3 aromatic rings. The van der Waals surface area contributed by atoms with Crippen molar-refractivity contribution >= 4 is 16.6 Å². The Bertz CT molecular complexity index is 1170. The molecule has 0 saturated heterocycles. The Morgan fingerprint density at radius 3 is 2.24 bits per heavy atom. The summed E-state index contributed by atoms with van der Waals surface area (Å²) in [5, 5.41) is 0.976. The van der Waals surface area contributed by atoms with Gasteiger partial charge in [0.25, 0.3) is 5.56 Å². The summed E-state index contributed by atoms with van der Waals surface area (Å²) in [6.07, 6.45) is 10.0. The van der Waals surface area contributed by atoms with Crippen LogP contribution in [0.3, 0.4) is 0 Å². The maximum atomic E-state index is 12.7. The van der Waals surface area contributed by atoms with Crippen LogP contribution in [-0.4, -0.2) is 14.4 Å². The summed E-state index contributed by atoms with van der Waals surface area (Å²) in [5.74, 6) is 2.53. The van der Waals surface area contributed by atoms with Gasteiger partial charge in [-0.3, -0.25) is 9.78 Å². The molecule has 4 aliphatic carbocycles. The number of pyridine rings is 2. The molecule has 3 aromatic heterocycles. The Labute approximate surface area is 171 Å². The van der Waals surface area contributed by atoms with Crippen LogP contribution in [0, 0.1) is 17.8 Å². The van der Waals surface area contributed by atoms with E-state index < -0.39 is 0 Å². The highest BCUT2D eigenvalue weighted by Gasteiger charge is 2.52. The first-order chi connectivity index (χ1) is 13.8. The lowest BCUT2D eigenvalue weighted by Gasteiger charge is -2.57. The van der Waals surface area contributed by atoms with Crippen LogP contribution in [0.25, 0.3) is 16.6 Å². The maximum absolute atomic E-state index is 12.7. The van der Waals surface area contributed by atoms with Crippen molar-refractivity contribution in [1.82, 2.24) is 14.4 Å². The smallest absolute Gasteiger partial charge is 0.273 e. The lowest BCUT2D eigenvalue weighted by molar-refractivity contribution is -0.00782. The molecule has 4 aliphatic rings. The Morgan fingerprint density at radius 1 is 0.966 bits per heavy atom. The largest absolute Gasteiger partial charge is 0.304 e. The molecule has 0 aromatic carbocycles. The molecule has 0 N–H and O–H groups in total. The number of nitrogens with zero attached hydrogens (tertiary/aromatic N) is 3. The van der Waals surface area contributed by atoms with Crippen molar-refractivity contribution in [3.63, 3.8) is 0 Å². The first-order valence-corrected chi connectivity index (χ1v) is 11.1. The Balaban J connectivity index is 1.59. The van der Waals surface area contributed by atoms with Gasteiger partial charge in [-0.05, 0) is 74.5 Å². The summed E-state index contributed by atoms with van der Waals surface area (Å²) in [4.78, 5) is 22.1. The number of rotatable bonds is 1. The second kappa shape index (κ2) is 5.68. The number of hydrogen-bond donors (Lipinski definition) is 0. The fraction of sp³-hybridized carbons (Fsp3) is 0.560. The van der Waals surface area contributed by atoms with Crippen LogP contribution in [0.1, 0.15) is 70.7 Å². The van der Waals surface area contributed by atoms with Gasteiger partial charge in [-0.2, -0.15) is 4.98 Å². The molecule has 150 valence electrons. The standard InChI is InChI=1S/C25H29N3O/c1-24(2,3)20-5-4-18-19(26-20)6-7-28-21(11-22(29)27-23(18)28)25-12-15-8-16(13-25)10-17(9-15)14-25/h4-7,11,15-17H,8-10,12-14H2,1-3H3. The Hall–Kier alpha value is -2.23. The minimum atomic E-state index is -0.108. The van der Waals surface area contributed by atoms with Gasteiger partial charge in [0.05, 0.1) is 5.52 Å². The van der Waals surface area contributed by atoms with Crippen LogP contribution >= 0.6 is 0 Å². The van der Waals surface area contributed by atoms with Gasteiger partial charge in [0.1, 0.15) is 0 Å². The zero-order valence-electron chi connectivity index (χ0n) is 17.6. The third-order valence-electron chi connectivity index (χ3n) is 7.86. The number of hydrogen-bond acceptors (Lipinski definition) is 3. The normalized spacial score (nSPS) is 31.1. The number of fused-ring (bicyclic) bond motifs is 3. The first kappa shape index (κ1) is 17.6. The SMILES string of the molecule is CC(C)(C)c1ccc2c(ccn3c(C45CC6CC(CC(C6)C4)C5)cc(=O)nc23)n1. The second-order valence-corrected chi connectivity index (χ2v) is 11.1. The fourth-order valence-electron chi connectivity index (χ4n) is 7.02. The third kappa shape index (κ3) is 2.60. The predicted octanol–water partition coefficient (Wildman–Crippen LogP) is 5.01. The van der Waals surface area contributed by atoms with Gasteiger partial charge in [-0.25, -0.2) is 0 Å². The summed E-state index contributed by atoms with van der Waals surface area (Å²) >= 11 is 0. The van der Waals surface area contributed by atoms with Crippen LogP contribution in [-0.2, 0) is 10.8 Å². The molecule has 4 fully saturated rings. The van der Waals surface area contributed by atoms with Gasteiger partial charge in [0.15, 0.2) is 5.65 Å². The van der Waals surface area contributed by atoms with Crippen molar-refractivity contribution < 1.29 is 0 Å². The van der Waals surface area contributed by atoms with E-state index in [1.807, 2.05) is 6.07 Å². The lowest BCUT2D eigenvalue weighted by atomic mass is 9.48. The molecule has 29 heavy (non-hydrogen) atoms. The lowest BCUT2D eigenvalue weighted by Crippen LogP contribution is -2.49. The van der Waals surface area contributed by atoms with E-state index in [4.69, 9.17) is 4.98 Å². The van der Waals surface area contributed by atoms with Crippen molar-refractivity contribution in [1.29, 1.82) is 0 Å². The van der Waals surface area contributed by atoms with Crippen LogP contribution in [0.5, 0.6) is 0 Å². The Kier molecular flexibility index (Phi) is 3.45. The topological polar surface area (TPSA) is 47.3 Å². The molecule has 0 aliphatic heterocycles. The minimum Gasteiger partial charge on any atom is -0.304 e. The van der Waals surface area contributed by atoms with Crippen LogP contribution in [0.4, 0.5) is 0 Å². The molecule has 4 bridgehead atoms. The van der Waals surface area contributed by atoms with E-state index in [0.717, 1.165) is 40.0 Å². The molecule has 0 unspecified atom stereocenters. The van der Waals surface area contributed by atoms with E-state index in [1.165, 1.54) is 44.2 Å². The molecule has 4 saturated carbocycles. The van der Waals surface area contributed by atoms with Crippen molar-refractivity contribution in [2.24, 2.45) is 17.8 Å². The van der Waals surface area contributed by atoms with E-state index in [-0.39, 0.29) is 16.4 Å². The van der Waals surface area contributed by atoms with Gasteiger partial charge < -0.3 is 4.40 Å². The monoisotopic (exact) mass is 387 g/mol. The summed E-state index contributed by atoms with van der Waals surface area (Å²) in [5.41, 5.74) is 4.01. The van der Waals surface area contributed by atoms with Crippen LogP contribution in [0.2, 0.25) is 0 Å². The van der Waals surface area contributed by atoms with E-state index in [1.54, 1.807) is 0 Å². The quantitative estimate of drug-likeness (QED) is 0.552. The maximum Gasteiger partial charge on any atom is 0.273 e. The third-order valence-corrected chi connectivity index (χ3v) is 7.86. The van der Waals surface area contributed by atoms with E-state index >= 15 is 0 Å². The summed E-state index contributed by atoms with van der Waals surface area (Å²) in [7, 11) is 0. The number of aromatic nitrogens is 3. The van der Waals surface area contributed by atoms with Crippen LogP contribution < -0.4 is 5.56 Å². The molecule has 7 rings (SSSR count). The first-order valence-electron chi connectivity index (χ1n) is 11.1. The second-order valence-electron chi connectivity index (χ2n) is 11.1. The highest BCUT2D eigenvalue weighted by atomic mass is 16.1. The van der Waals surface area contributed by atoms with Crippen molar-refractivity contribution in [2.75, 3.05) is 0 Å². The molecule has 0 atom stereocenters. The molecule has 0 radical (unpaired) electrons. The predicted molar refractivity (Wildman–Crippen MR) is 115 cm³/mol. The highest BCUT2D eigenvalue weighted by Crippen LogP contribution is 2.60. The average Bonchev–Trinajstić information content (AvgIpc) is 2.65. The zero-order chi connectivity index (χ0) is 20.0. The van der Waals surface area contributed by atoms with Gasteiger partial charge in [-0.15, -0.1) is 0 Å². The van der Waals surface area contributed by atoms with Gasteiger partial charge in [0, 0.05) is 39.9 Å². The van der Waals surface area contributed by atoms with Gasteiger partial charge in [0.2, 0.25) is 0 Å². The molecule has 0 spiro atoms.